The van der Waals surface area contributed by atoms with Gasteiger partial charge in [-0.1, -0.05) is 107 Å². The van der Waals surface area contributed by atoms with Crippen LogP contribution in [-0.2, 0) is 12.8 Å². The van der Waals surface area contributed by atoms with E-state index in [-0.39, 0.29) is 16.2 Å². The zero-order valence-electron chi connectivity index (χ0n) is 25.1. The van der Waals surface area contributed by atoms with E-state index in [1.165, 1.54) is 66.8 Å². The van der Waals surface area contributed by atoms with Crippen LogP contribution in [0.4, 0.5) is 0 Å². The van der Waals surface area contributed by atoms with Crippen LogP contribution in [0.5, 0.6) is 0 Å². The molecular weight excluding hydrogens is 456 g/mol. The maximum atomic E-state index is 4.86. The average Bonchev–Trinajstić information content (AvgIpc) is 2.82. The summed E-state index contributed by atoms with van der Waals surface area (Å²) in [6.07, 6.45) is 5.54. The molecule has 2 aromatic carbocycles. The van der Waals surface area contributed by atoms with E-state index in [2.05, 4.69) is 98.4 Å². The largest absolute Gasteiger partial charge is 0.0955 e. The summed E-state index contributed by atoms with van der Waals surface area (Å²) in [5.41, 5.74) is 17.8. The third-order valence-corrected chi connectivity index (χ3v) is 10.6. The first-order valence-electron chi connectivity index (χ1n) is 14.5. The van der Waals surface area contributed by atoms with E-state index >= 15 is 0 Å². The molecule has 0 amide bonds. The van der Waals surface area contributed by atoms with Crippen LogP contribution in [0.25, 0.3) is 16.7 Å². The predicted molar refractivity (Wildman–Crippen MR) is 166 cm³/mol. The van der Waals surface area contributed by atoms with Crippen molar-refractivity contribution < 1.29 is 0 Å². The normalized spacial score (nSPS) is 28.7. The molecule has 0 spiro atoms. The molecule has 0 heteroatoms. The van der Waals surface area contributed by atoms with Crippen molar-refractivity contribution in [2.75, 3.05) is 0 Å². The highest BCUT2D eigenvalue weighted by Gasteiger charge is 2.59. The zero-order chi connectivity index (χ0) is 27.8. The lowest BCUT2D eigenvalue weighted by Gasteiger charge is -2.62. The maximum Gasteiger partial charge on any atom is 0.0194 e. The molecule has 3 aliphatic carbocycles. The van der Waals surface area contributed by atoms with Crippen molar-refractivity contribution >= 4 is 5.57 Å². The van der Waals surface area contributed by atoms with Gasteiger partial charge < -0.3 is 0 Å². The maximum absolute atomic E-state index is 4.86. The van der Waals surface area contributed by atoms with Gasteiger partial charge in [0.05, 0.1) is 0 Å². The lowest BCUT2D eigenvalue weighted by atomic mass is 9.41. The van der Waals surface area contributed by atoms with Gasteiger partial charge in [0.25, 0.3) is 0 Å². The fourth-order valence-electron chi connectivity index (χ4n) is 9.06. The lowest BCUT2D eigenvalue weighted by Crippen LogP contribution is -2.52. The Morgan fingerprint density at radius 3 is 2.26 bits per heavy atom. The van der Waals surface area contributed by atoms with E-state index in [1.807, 2.05) is 0 Å². The Kier molecular flexibility index (Phi) is 6.22. The van der Waals surface area contributed by atoms with Crippen LogP contribution >= 0.6 is 0 Å². The van der Waals surface area contributed by atoms with Gasteiger partial charge in [-0.25, -0.2) is 0 Å². The van der Waals surface area contributed by atoms with Crippen LogP contribution in [0, 0.1) is 23.2 Å². The molecule has 0 radical (unpaired) electrons. The molecular formula is C38H46. The smallest absolute Gasteiger partial charge is 0.0194 e. The summed E-state index contributed by atoms with van der Waals surface area (Å²) in [5, 5.41) is 0. The topological polar surface area (TPSA) is 0 Å². The molecule has 198 valence electrons. The Morgan fingerprint density at radius 1 is 0.921 bits per heavy atom. The summed E-state index contributed by atoms with van der Waals surface area (Å²) in [7, 11) is 0. The molecule has 0 unspecified atom stereocenters. The Labute approximate surface area is 232 Å². The van der Waals surface area contributed by atoms with Gasteiger partial charge in [0.1, 0.15) is 0 Å². The second-order valence-corrected chi connectivity index (χ2v) is 13.4. The number of hydrogen-bond acceptors (Lipinski definition) is 0. The van der Waals surface area contributed by atoms with Crippen LogP contribution in [-0.4, -0.2) is 0 Å². The quantitative estimate of drug-likeness (QED) is 0.390. The third kappa shape index (κ3) is 3.48. The molecule has 3 aliphatic rings. The highest BCUT2D eigenvalue weighted by atomic mass is 14.6. The van der Waals surface area contributed by atoms with Crippen molar-refractivity contribution in [3.05, 3.63) is 112 Å². The van der Waals surface area contributed by atoms with Gasteiger partial charge in [0.15, 0.2) is 0 Å². The standard InChI is InChI=1S/C38H46/c1-12-15-29-16-13-14-17-30(29)31-19-18-24(4)34-26(6)35-28(8)38(11)27(7)33(23(2)3)25(5)20-37(38,10)22-36(35,9)21-32(31)34/h13-14,16-19H,2,6-7,12,15,20-22H2,1,3-5,8-11H3/t36-,37+,38-/m1/s1. The molecule has 0 saturated carbocycles. The second-order valence-electron chi connectivity index (χ2n) is 13.4. The van der Waals surface area contributed by atoms with Gasteiger partial charge in [-0.2, -0.15) is 0 Å². The molecule has 38 heavy (non-hydrogen) atoms. The molecule has 5 rings (SSSR count). The molecule has 0 aromatic heterocycles. The van der Waals surface area contributed by atoms with Crippen LogP contribution in [0.2, 0.25) is 0 Å². The number of fused-ring (bicyclic) bond motifs is 3. The Balaban J connectivity index is 1.77. The van der Waals surface area contributed by atoms with Gasteiger partial charge in [-0.05, 0) is 120 Å². The molecule has 0 fully saturated rings. The van der Waals surface area contributed by atoms with E-state index in [4.69, 9.17) is 13.2 Å². The number of hydrogen-bond donors (Lipinski definition) is 0. The predicted octanol–water partition coefficient (Wildman–Crippen LogP) is 10.8. The summed E-state index contributed by atoms with van der Waals surface area (Å²) in [6, 6.07) is 13.7. The highest BCUT2D eigenvalue weighted by molar-refractivity contribution is 5.90. The van der Waals surface area contributed by atoms with Crippen LogP contribution in [0.15, 0.2) is 89.6 Å². The molecule has 2 aromatic rings. The van der Waals surface area contributed by atoms with Crippen molar-refractivity contribution in [3.63, 3.8) is 0 Å². The monoisotopic (exact) mass is 502 g/mol. The van der Waals surface area contributed by atoms with E-state index in [1.54, 1.807) is 0 Å². The molecule has 0 bridgehead atoms. The number of rotatable bonds is 4. The van der Waals surface area contributed by atoms with Gasteiger partial charge in [-0.3, -0.25) is 0 Å². The van der Waals surface area contributed by atoms with Crippen molar-refractivity contribution in [3.8, 4) is 11.1 Å². The van der Waals surface area contributed by atoms with E-state index in [0.29, 0.717) is 0 Å². The number of aryl methyl sites for hydroxylation is 2. The fourth-order valence-corrected chi connectivity index (χ4v) is 9.06. The van der Waals surface area contributed by atoms with E-state index < -0.39 is 0 Å². The number of benzene rings is 2. The first-order chi connectivity index (χ1) is 17.8. The second kappa shape index (κ2) is 8.84. The van der Waals surface area contributed by atoms with Crippen molar-refractivity contribution in [1.29, 1.82) is 0 Å². The van der Waals surface area contributed by atoms with E-state index in [9.17, 15) is 0 Å². The van der Waals surface area contributed by atoms with Crippen molar-refractivity contribution in [1.82, 2.24) is 0 Å². The average molecular weight is 503 g/mol. The summed E-state index contributed by atoms with van der Waals surface area (Å²) in [4.78, 5) is 0. The van der Waals surface area contributed by atoms with E-state index in [0.717, 1.165) is 37.7 Å². The Morgan fingerprint density at radius 2 is 1.61 bits per heavy atom. The third-order valence-electron chi connectivity index (χ3n) is 10.6. The molecule has 0 N–H and O–H groups in total. The van der Waals surface area contributed by atoms with Gasteiger partial charge in [0.2, 0.25) is 0 Å². The minimum Gasteiger partial charge on any atom is -0.0955 e. The SMILES string of the molecule is C=C(C)C1=C(C)C[C@@]2(C)C[C@@]3(C)Cc4c(-c5ccccc5CCC)ccc(C)c4C(=C)C3=C(C)[C@@]2(C)C1=C. The van der Waals surface area contributed by atoms with Crippen molar-refractivity contribution in [2.45, 2.75) is 87.5 Å². The molecule has 0 aliphatic heterocycles. The summed E-state index contributed by atoms with van der Waals surface area (Å²) >= 11 is 0. The molecule has 3 atom stereocenters. The minimum atomic E-state index is -0.116. The fraction of sp³-hybridized carbons (Fsp3) is 0.421. The van der Waals surface area contributed by atoms with Crippen LogP contribution in [0.1, 0.15) is 90.0 Å². The van der Waals surface area contributed by atoms with Gasteiger partial charge >= 0.3 is 0 Å². The highest BCUT2D eigenvalue weighted by Crippen LogP contribution is 2.70. The molecule has 0 saturated heterocycles. The van der Waals surface area contributed by atoms with Crippen LogP contribution < -0.4 is 0 Å². The first kappa shape index (κ1) is 26.7. The lowest BCUT2D eigenvalue weighted by molar-refractivity contribution is 0.0544. The first-order valence-corrected chi connectivity index (χ1v) is 14.5. The molecule has 0 nitrogen and oxygen atoms in total. The molecule has 0 heterocycles. The van der Waals surface area contributed by atoms with Crippen molar-refractivity contribution in [2.24, 2.45) is 16.2 Å². The Hall–Kier alpha value is -2.86. The summed E-state index contributed by atoms with van der Waals surface area (Å²) in [6.45, 7) is 32.9. The van der Waals surface area contributed by atoms with Gasteiger partial charge in [-0.15, -0.1) is 0 Å². The Bertz CT molecular complexity index is 1470. The minimum absolute atomic E-state index is 0.0337. The zero-order valence-corrected chi connectivity index (χ0v) is 25.1. The van der Waals surface area contributed by atoms with Gasteiger partial charge in [0, 0.05) is 5.41 Å². The van der Waals surface area contributed by atoms with Crippen LogP contribution in [0.3, 0.4) is 0 Å². The number of allylic oxidation sites excluding steroid dienone is 7. The summed E-state index contributed by atoms with van der Waals surface area (Å²) in [5.74, 6) is 0. The summed E-state index contributed by atoms with van der Waals surface area (Å²) < 4.78 is 0.